The maximum absolute atomic E-state index is 14.3. The van der Waals surface area contributed by atoms with Gasteiger partial charge in [-0.15, -0.1) is 0 Å². The number of hydrogen-bond acceptors (Lipinski definition) is 3. The first kappa shape index (κ1) is 27.8. The van der Waals surface area contributed by atoms with E-state index >= 15 is 0 Å². The van der Waals surface area contributed by atoms with Gasteiger partial charge >= 0.3 is 0 Å². The Hall–Kier alpha value is -3.24. The zero-order chi connectivity index (χ0) is 26.3. The minimum Gasteiger partial charge on any atom is -0.373 e. The van der Waals surface area contributed by atoms with Crippen LogP contribution in [0.4, 0.5) is 28.9 Å². The third kappa shape index (κ3) is 5.61. The quantitative estimate of drug-likeness (QED) is 0.374. The summed E-state index contributed by atoms with van der Waals surface area (Å²) in [6.07, 6.45) is -0.818. The standard InChI is InChI=1S/C27H22ClF4N3O2.H2S/c28-21-7-3-2-6-20(21)24(25(36)33-18-13-27(31,32)14-18)35(19-11-16(29)10-17(30)12-19)26(37)23-9-15-5-1-4-8-22(15)34-23;/h1-8,10-12,18,23-24,34H,9,13-14H2,(H,33,36);1H2/t23-,24-;/m0./s1. The van der Waals surface area contributed by atoms with Gasteiger partial charge in [-0.05, 0) is 29.8 Å². The van der Waals surface area contributed by atoms with Gasteiger partial charge in [-0.3, -0.25) is 14.5 Å². The lowest BCUT2D eigenvalue weighted by Crippen LogP contribution is -2.55. The summed E-state index contributed by atoms with van der Waals surface area (Å²) in [4.78, 5) is 28.6. The first-order chi connectivity index (χ1) is 17.6. The fourth-order valence-corrected chi connectivity index (χ4v) is 5.07. The Morgan fingerprint density at radius 1 is 1.00 bits per heavy atom. The van der Waals surface area contributed by atoms with Gasteiger partial charge in [-0.1, -0.05) is 48.0 Å². The SMILES string of the molecule is O=C(NC1CC(F)(F)C1)[C@H](c1ccccc1Cl)N(C(=O)[C@@H]1Cc2ccccc2N1)c1cc(F)cc(F)c1.S. The van der Waals surface area contributed by atoms with Crippen LogP contribution in [0.25, 0.3) is 0 Å². The van der Waals surface area contributed by atoms with Gasteiger partial charge < -0.3 is 10.6 Å². The second-order valence-electron chi connectivity index (χ2n) is 9.29. The summed E-state index contributed by atoms with van der Waals surface area (Å²) in [5, 5.41) is 5.79. The number of carbonyl (C=O) groups excluding carboxylic acids is 2. The molecule has 0 aromatic heterocycles. The van der Waals surface area contributed by atoms with Crippen molar-refractivity contribution in [2.75, 3.05) is 10.2 Å². The first-order valence-corrected chi connectivity index (χ1v) is 12.1. The monoisotopic (exact) mass is 565 g/mol. The number of nitrogens with zero attached hydrogens (tertiary/aromatic N) is 1. The molecule has 2 atom stereocenters. The van der Waals surface area contributed by atoms with E-state index in [4.69, 9.17) is 11.6 Å². The van der Waals surface area contributed by atoms with Gasteiger partial charge in [-0.2, -0.15) is 13.5 Å². The molecule has 11 heteroatoms. The summed E-state index contributed by atoms with van der Waals surface area (Å²) in [5.41, 5.74) is 1.56. The van der Waals surface area contributed by atoms with Crippen LogP contribution in [0, 0.1) is 11.6 Å². The van der Waals surface area contributed by atoms with Crippen molar-refractivity contribution in [3.63, 3.8) is 0 Å². The van der Waals surface area contributed by atoms with Crippen LogP contribution in [0.1, 0.15) is 30.0 Å². The van der Waals surface area contributed by atoms with E-state index in [1.54, 1.807) is 24.3 Å². The number of nitrogens with one attached hydrogen (secondary N) is 2. The molecule has 0 bridgehead atoms. The van der Waals surface area contributed by atoms with E-state index in [1.165, 1.54) is 12.1 Å². The molecule has 0 spiro atoms. The number of benzene rings is 3. The summed E-state index contributed by atoms with van der Waals surface area (Å²) in [5.74, 6) is -6.22. The molecule has 200 valence electrons. The maximum Gasteiger partial charge on any atom is 0.252 e. The third-order valence-corrected chi connectivity index (χ3v) is 6.92. The minimum atomic E-state index is -2.89. The summed E-state index contributed by atoms with van der Waals surface area (Å²) >= 11 is 6.42. The Kier molecular flexibility index (Phi) is 7.94. The minimum absolute atomic E-state index is 0. The Morgan fingerprint density at radius 2 is 1.63 bits per heavy atom. The lowest BCUT2D eigenvalue weighted by Gasteiger charge is -2.38. The predicted octanol–water partition coefficient (Wildman–Crippen LogP) is 5.76. The molecular weight excluding hydrogens is 542 g/mol. The van der Waals surface area contributed by atoms with Crippen molar-refractivity contribution in [2.24, 2.45) is 0 Å². The first-order valence-electron chi connectivity index (χ1n) is 11.7. The molecule has 38 heavy (non-hydrogen) atoms. The van der Waals surface area contributed by atoms with Gasteiger partial charge in [0.15, 0.2) is 0 Å². The molecule has 3 aromatic rings. The van der Waals surface area contributed by atoms with Crippen molar-refractivity contribution in [1.82, 2.24) is 5.32 Å². The topological polar surface area (TPSA) is 61.4 Å². The number of alkyl halides is 2. The number of carbonyl (C=O) groups is 2. The average Bonchev–Trinajstić information content (AvgIpc) is 3.25. The highest BCUT2D eigenvalue weighted by atomic mass is 35.5. The molecule has 0 unspecified atom stereocenters. The van der Waals surface area contributed by atoms with E-state index in [0.29, 0.717) is 6.07 Å². The van der Waals surface area contributed by atoms with Crippen molar-refractivity contribution < 1.29 is 27.2 Å². The molecule has 0 radical (unpaired) electrons. The van der Waals surface area contributed by atoms with Crippen LogP contribution in [0.15, 0.2) is 66.7 Å². The van der Waals surface area contributed by atoms with Gasteiger partial charge in [0.05, 0.1) is 5.69 Å². The smallest absolute Gasteiger partial charge is 0.252 e. The number of para-hydroxylation sites is 1. The van der Waals surface area contributed by atoms with Crippen molar-refractivity contribution >= 4 is 48.3 Å². The van der Waals surface area contributed by atoms with E-state index in [0.717, 1.165) is 28.3 Å². The predicted molar refractivity (Wildman–Crippen MR) is 142 cm³/mol. The van der Waals surface area contributed by atoms with Gasteiger partial charge in [0, 0.05) is 47.6 Å². The fraction of sp³-hybridized carbons (Fsp3) is 0.259. The van der Waals surface area contributed by atoms with Gasteiger partial charge in [0.25, 0.3) is 11.8 Å². The summed E-state index contributed by atoms with van der Waals surface area (Å²) in [6.45, 7) is 0. The second kappa shape index (κ2) is 10.9. The molecule has 2 N–H and O–H groups in total. The van der Waals surface area contributed by atoms with Crippen molar-refractivity contribution in [2.45, 2.75) is 43.3 Å². The molecule has 1 heterocycles. The Bertz CT molecular complexity index is 1320. The van der Waals surface area contributed by atoms with Crippen molar-refractivity contribution in [3.8, 4) is 0 Å². The molecule has 1 saturated carbocycles. The van der Waals surface area contributed by atoms with Crippen LogP contribution in [0.3, 0.4) is 0 Å². The zero-order valence-corrected chi connectivity index (χ0v) is 21.6. The van der Waals surface area contributed by atoms with E-state index in [2.05, 4.69) is 10.6 Å². The van der Waals surface area contributed by atoms with Gasteiger partial charge in [-0.25, -0.2) is 17.6 Å². The Labute approximate surface area is 228 Å². The highest BCUT2D eigenvalue weighted by Gasteiger charge is 2.47. The van der Waals surface area contributed by atoms with E-state index in [-0.39, 0.29) is 36.2 Å². The van der Waals surface area contributed by atoms with Crippen LogP contribution in [-0.4, -0.2) is 29.8 Å². The Morgan fingerprint density at radius 3 is 2.26 bits per heavy atom. The molecule has 3 aromatic carbocycles. The number of anilines is 2. The highest BCUT2D eigenvalue weighted by Crippen LogP contribution is 2.39. The van der Waals surface area contributed by atoms with Gasteiger partial charge in [0.2, 0.25) is 5.91 Å². The molecule has 1 fully saturated rings. The fourth-order valence-electron chi connectivity index (χ4n) is 4.83. The number of amides is 2. The third-order valence-electron chi connectivity index (χ3n) is 6.57. The number of rotatable bonds is 6. The number of hydrogen-bond donors (Lipinski definition) is 2. The lowest BCUT2D eigenvalue weighted by molar-refractivity contribution is -0.132. The molecule has 1 aliphatic carbocycles. The largest absolute Gasteiger partial charge is 0.373 e. The van der Waals surface area contributed by atoms with Gasteiger partial charge in [0.1, 0.15) is 23.7 Å². The normalized spacial score (nSPS) is 18.3. The molecule has 5 nitrogen and oxygen atoms in total. The lowest BCUT2D eigenvalue weighted by atomic mass is 9.87. The molecule has 1 aliphatic heterocycles. The van der Waals surface area contributed by atoms with Crippen molar-refractivity contribution in [3.05, 3.63) is 94.5 Å². The molecular formula is C27H24ClF4N3O2S. The summed E-state index contributed by atoms with van der Waals surface area (Å²) in [6, 6.07) is 12.9. The molecule has 2 aliphatic rings. The van der Waals surface area contributed by atoms with Crippen LogP contribution in [0.5, 0.6) is 0 Å². The van der Waals surface area contributed by atoms with E-state index in [9.17, 15) is 27.2 Å². The summed E-state index contributed by atoms with van der Waals surface area (Å²) in [7, 11) is 0. The number of fused-ring (bicyclic) bond motifs is 1. The molecule has 0 saturated heterocycles. The highest BCUT2D eigenvalue weighted by molar-refractivity contribution is 7.59. The number of halogens is 5. The summed E-state index contributed by atoms with van der Waals surface area (Å²) < 4.78 is 55.6. The maximum atomic E-state index is 14.3. The molecule has 2 amide bonds. The zero-order valence-electron chi connectivity index (χ0n) is 19.9. The van der Waals surface area contributed by atoms with Crippen LogP contribution in [0.2, 0.25) is 5.02 Å². The average molecular weight is 566 g/mol. The van der Waals surface area contributed by atoms with Crippen LogP contribution < -0.4 is 15.5 Å². The van der Waals surface area contributed by atoms with Crippen LogP contribution >= 0.6 is 25.1 Å². The van der Waals surface area contributed by atoms with Crippen molar-refractivity contribution in [1.29, 1.82) is 0 Å². The Balaban J connectivity index is 0.00000336. The molecule has 5 rings (SSSR count). The second-order valence-corrected chi connectivity index (χ2v) is 9.70. The van der Waals surface area contributed by atoms with E-state index < -0.39 is 60.3 Å². The van der Waals surface area contributed by atoms with E-state index in [1.807, 2.05) is 12.1 Å². The van der Waals surface area contributed by atoms with Crippen LogP contribution in [-0.2, 0) is 16.0 Å².